The number of halogens is 1. The van der Waals surface area contributed by atoms with Crippen LogP contribution in [0.5, 0.6) is 11.5 Å². The van der Waals surface area contributed by atoms with Crippen LogP contribution >= 0.6 is 15.9 Å². The molecule has 1 aromatic heterocycles. The van der Waals surface area contributed by atoms with E-state index in [0.717, 1.165) is 4.68 Å². The van der Waals surface area contributed by atoms with Gasteiger partial charge >= 0.3 is 11.7 Å². The third kappa shape index (κ3) is 4.28. The molecule has 10 heteroatoms. The normalized spacial score (nSPS) is 12.1. The van der Waals surface area contributed by atoms with Gasteiger partial charge in [0.15, 0.2) is 17.6 Å². The van der Waals surface area contributed by atoms with E-state index in [0.29, 0.717) is 32.4 Å². The molecule has 156 valence electrons. The predicted octanol–water partition coefficient (Wildman–Crippen LogP) is 2.28. The number of aromatic nitrogens is 2. The average Bonchev–Trinajstić information content (AvgIpc) is 2.74. The first kappa shape index (κ1) is 21.3. The molecule has 3 rings (SSSR count). The van der Waals surface area contributed by atoms with E-state index in [1.54, 1.807) is 43.3 Å². The zero-order chi connectivity index (χ0) is 21.8. The third-order valence-corrected chi connectivity index (χ3v) is 4.90. The summed E-state index contributed by atoms with van der Waals surface area (Å²) >= 11 is 3.39. The van der Waals surface area contributed by atoms with Crippen molar-refractivity contribution in [1.82, 2.24) is 9.66 Å². The monoisotopic (exact) mass is 475 g/mol. The minimum absolute atomic E-state index is 0.306. The molecule has 0 spiro atoms. The van der Waals surface area contributed by atoms with Gasteiger partial charge in [-0.05, 0) is 47.1 Å². The van der Waals surface area contributed by atoms with Crippen molar-refractivity contribution in [2.75, 3.05) is 14.2 Å². The van der Waals surface area contributed by atoms with Gasteiger partial charge in [0.1, 0.15) is 0 Å². The number of aromatic amines is 1. The zero-order valence-corrected chi connectivity index (χ0v) is 17.9. The Labute approximate surface area is 179 Å². The molecule has 0 unspecified atom stereocenters. The molecule has 0 radical (unpaired) electrons. The molecule has 9 nitrogen and oxygen atoms in total. The van der Waals surface area contributed by atoms with Crippen molar-refractivity contribution in [3.63, 3.8) is 0 Å². The smallest absolute Gasteiger partial charge is 0.349 e. The number of hydrogen-bond acceptors (Lipinski definition) is 7. The molecule has 30 heavy (non-hydrogen) atoms. The molecule has 0 aliphatic heterocycles. The van der Waals surface area contributed by atoms with Crippen LogP contribution in [-0.2, 0) is 9.53 Å². The highest BCUT2D eigenvalue weighted by Gasteiger charge is 2.18. The fraction of sp³-hybridized carbons (Fsp3) is 0.200. The lowest BCUT2D eigenvalue weighted by molar-refractivity contribution is -0.147. The van der Waals surface area contributed by atoms with E-state index in [1.807, 2.05) is 0 Å². The van der Waals surface area contributed by atoms with Crippen LogP contribution < -0.4 is 20.7 Å². The minimum atomic E-state index is -0.843. The van der Waals surface area contributed by atoms with Crippen LogP contribution in [-0.4, -0.2) is 42.2 Å². The maximum absolute atomic E-state index is 12.6. The first-order chi connectivity index (χ1) is 14.3. The predicted molar refractivity (Wildman–Crippen MR) is 115 cm³/mol. The number of carbonyl (C=O) groups is 1. The molecule has 0 aliphatic rings. The lowest BCUT2D eigenvalue weighted by Crippen LogP contribution is -2.32. The van der Waals surface area contributed by atoms with Crippen LogP contribution in [0.1, 0.15) is 12.5 Å². The van der Waals surface area contributed by atoms with Gasteiger partial charge in [0.2, 0.25) is 0 Å². The number of H-pyrrole nitrogens is 1. The van der Waals surface area contributed by atoms with E-state index < -0.39 is 23.3 Å². The Hall–Kier alpha value is -3.40. The third-order valence-electron chi connectivity index (χ3n) is 4.22. The van der Waals surface area contributed by atoms with Crippen molar-refractivity contribution in [3.8, 4) is 11.5 Å². The summed E-state index contributed by atoms with van der Waals surface area (Å²) in [6, 6.07) is 9.85. The van der Waals surface area contributed by atoms with Crippen molar-refractivity contribution >= 4 is 39.0 Å². The van der Waals surface area contributed by atoms with Crippen LogP contribution in [0.2, 0.25) is 0 Å². The van der Waals surface area contributed by atoms with E-state index >= 15 is 0 Å². The lowest BCUT2D eigenvalue weighted by atomic mass is 10.2. The molecule has 0 bridgehead atoms. The summed E-state index contributed by atoms with van der Waals surface area (Å²) in [5.74, 6) is 0.101. The Kier molecular flexibility index (Phi) is 6.36. The SMILES string of the molecule is COC(=O)[C@@H](C)Oc1cc(Br)c(C=Nn2c(=O)[nH]c3ccccc3c2=O)cc1OC. The summed E-state index contributed by atoms with van der Waals surface area (Å²) in [6.45, 7) is 1.55. The Morgan fingerprint density at radius 1 is 1.20 bits per heavy atom. The summed E-state index contributed by atoms with van der Waals surface area (Å²) in [7, 11) is 2.71. The molecule has 3 aromatic rings. The molecule has 0 saturated heterocycles. The van der Waals surface area contributed by atoms with Crippen molar-refractivity contribution in [3.05, 3.63) is 67.3 Å². The molecule has 0 aliphatic carbocycles. The second-order valence-corrected chi connectivity index (χ2v) is 7.00. The Morgan fingerprint density at radius 2 is 1.93 bits per heavy atom. The van der Waals surface area contributed by atoms with Gasteiger partial charge in [-0.2, -0.15) is 5.10 Å². The van der Waals surface area contributed by atoms with E-state index in [-0.39, 0.29) is 0 Å². The van der Waals surface area contributed by atoms with E-state index in [1.165, 1.54) is 20.4 Å². The van der Waals surface area contributed by atoms with Crippen LogP contribution in [0, 0.1) is 0 Å². The fourth-order valence-electron chi connectivity index (χ4n) is 2.68. The van der Waals surface area contributed by atoms with Gasteiger partial charge in [0, 0.05) is 10.0 Å². The molecule has 1 atom stereocenters. The number of fused-ring (bicyclic) bond motifs is 1. The Balaban J connectivity index is 1.99. The topological polar surface area (TPSA) is 112 Å². The molecule has 0 saturated carbocycles. The Bertz CT molecular complexity index is 1250. The number of hydrogen-bond donors (Lipinski definition) is 1. The highest BCUT2D eigenvalue weighted by molar-refractivity contribution is 9.10. The number of benzene rings is 2. The first-order valence-electron chi connectivity index (χ1n) is 8.76. The fourth-order valence-corrected chi connectivity index (χ4v) is 3.11. The highest BCUT2D eigenvalue weighted by Crippen LogP contribution is 2.33. The zero-order valence-electron chi connectivity index (χ0n) is 16.3. The summed E-state index contributed by atoms with van der Waals surface area (Å²) in [4.78, 5) is 39.0. The van der Waals surface area contributed by atoms with Crippen molar-refractivity contribution in [1.29, 1.82) is 0 Å². The lowest BCUT2D eigenvalue weighted by Gasteiger charge is -2.16. The number of esters is 1. The number of carbonyl (C=O) groups excluding carboxylic acids is 1. The van der Waals surface area contributed by atoms with Gasteiger partial charge in [-0.15, -0.1) is 4.68 Å². The first-order valence-corrected chi connectivity index (χ1v) is 9.55. The van der Waals surface area contributed by atoms with Gasteiger partial charge in [-0.3, -0.25) is 4.79 Å². The largest absolute Gasteiger partial charge is 0.493 e. The number of ether oxygens (including phenoxy) is 3. The number of methoxy groups -OCH3 is 2. The van der Waals surface area contributed by atoms with Gasteiger partial charge in [-0.1, -0.05) is 12.1 Å². The standard InChI is InChI=1S/C20H18BrN3O6/c1-11(19(26)29-3)30-17-9-14(21)12(8-16(17)28-2)10-22-24-18(25)13-6-4-5-7-15(13)23-20(24)27/h4-11H,1-3H3,(H,23,27)/t11-/m1/s1. The average molecular weight is 476 g/mol. The summed E-state index contributed by atoms with van der Waals surface area (Å²) in [6.07, 6.45) is 0.496. The second-order valence-electron chi connectivity index (χ2n) is 6.15. The van der Waals surface area contributed by atoms with Gasteiger partial charge in [0.05, 0.1) is 31.3 Å². The van der Waals surface area contributed by atoms with Crippen LogP contribution in [0.3, 0.4) is 0 Å². The van der Waals surface area contributed by atoms with Crippen molar-refractivity contribution in [2.45, 2.75) is 13.0 Å². The quantitative estimate of drug-likeness (QED) is 0.432. The van der Waals surface area contributed by atoms with Crippen molar-refractivity contribution < 1.29 is 19.0 Å². The van der Waals surface area contributed by atoms with E-state index in [9.17, 15) is 14.4 Å². The van der Waals surface area contributed by atoms with E-state index in [2.05, 4.69) is 30.8 Å². The minimum Gasteiger partial charge on any atom is -0.493 e. The second kappa shape index (κ2) is 8.95. The highest BCUT2D eigenvalue weighted by atomic mass is 79.9. The maximum Gasteiger partial charge on any atom is 0.349 e. The van der Waals surface area contributed by atoms with Gasteiger partial charge in [-0.25, -0.2) is 9.59 Å². The number of para-hydroxylation sites is 1. The number of rotatable bonds is 6. The van der Waals surface area contributed by atoms with Crippen molar-refractivity contribution in [2.24, 2.45) is 5.10 Å². The summed E-state index contributed by atoms with van der Waals surface area (Å²) in [5, 5.41) is 4.37. The van der Waals surface area contributed by atoms with E-state index in [4.69, 9.17) is 9.47 Å². The molecule has 1 heterocycles. The van der Waals surface area contributed by atoms with Crippen LogP contribution in [0.4, 0.5) is 0 Å². The summed E-state index contributed by atoms with van der Waals surface area (Å²) < 4.78 is 16.8. The number of nitrogens with one attached hydrogen (secondary N) is 1. The summed E-state index contributed by atoms with van der Waals surface area (Å²) in [5.41, 5.74) is -0.252. The van der Waals surface area contributed by atoms with Gasteiger partial charge in [0.25, 0.3) is 5.56 Å². The van der Waals surface area contributed by atoms with Crippen LogP contribution in [0.25, 0.3) is 10.9 Å². The molecular formula is C20H18BrN3O6. The van der Waals surface area contributed by atoms with Crippen LogP contribution in [0.15, 0.2) is 55.6 Å². The molecule has 0 amide bonds. The Morgan fingerprint density at radius 3 is 2.63 bits per heavy atom. The number of nitrogens with zero attached hydrogens (tertiary/aromatic N) is 2. The molecule has 0 fully saturated rings. The molecule has 1 N–H and O–H groups in total. The molecular weight excluding hydrogens is 458 g/mol. The molecule has 2 aromatic carbocycles. The maximum atomic E-state index is 12.6. The van der Waals surface area contributed by atoms with Gasteiger partial charge < -0.3 is 19.2 Å².